The monoisotopic (exact) mass is 484 g/mol. The summed E-state index contributed by atoms with van der Waals surface area (Å²) in [6, 6.07) is 16.5. The standard InChI is InChI=1S/C26H32N2O7/c1-19(35-21-9-5-4-6-10-21)26(31)28-16-23(34-18-20-8-7-11-22(14-20)32-2)15-27(24(29)17-28)13-12-25(30)33-3/h4-11,14,19,23H,12-13,15-18H2,1-3H3/t19-,23+/m0/s1. The molecule has 0 unspecified atom stereocenters. The third kappa shape index (κ3) is 7.71. The van der Waals surface area contributed by atoms with E-state index in [1.54, 1.807) is 31.1 Å². The van der Waals surface area contributed by atoms with E-state index in [0.717, 1.165) is 5.56 Å². The fourth-order valence-corrected chi connectivity index (χ4v) is 3.78. The Balaban J connectivity index is 1.72. The van der Waals surface area contributed by atoms with Gasteiger partial charge in [0.05, 0.1) is 39.9 Å². The van der Waals surface area contributed by atoms with Crippen LogP contribution in [0.5, 0.6) is 11.5 Å². The van der Waals surface area contributed by atoms with Crippen LogP contribution in [-0.2, 0) is 30.5 Å². The normalized spacial score (nSPS) is 16.9. The average molecular weight is 485 g/mol. The Morgan fingerprint density at radius 1 is 1.03 bits per heavy atom. The highest BCUT2D eigenvalue weighted by Gasteiger charge is 2.33. The molecule has 3 rings (SSSR count). The number of esters is 1. The van der Waals surface area contributed by atoms with Crippen LogP contribution in [0.3, 0.4) is 0 Å². The second-order valence-corrected chi connectivity index (χ2v) is 8.24. The molecule has 9 nitrogen and oxygen atoms in total. The SMILES string of the molecule is COC(=O)CCN1C[C@@H](OCc2cccc(OC)c2)CN(C(=O)[C@H](C)Oc2ccccc2)CC1=O. The van der Waals surface area contributed by atoms with Gasteiger partial charge in [-0.05, 0) is 36.8 Å². The van der Waals surface area contributed by atoms with Crippen LogP contribution < -0.4 is 9.47 Å². The zero-order chi connectivity index (χ0) is 25.2. The number of nitrogens with zero attached hydrogens (tertiary/aromatic N) is 2. The number of hydrogen-bond acceptors (Lipinski definition) is 7. The van der Waals surface area contributed by atoms with Gasteiger partial charge in [0.1, 0.15) is 11.5 Å². The van der Waals surface area contributed by atoms with Crippen LogP contribution in [0.2, 0.25) is 0 Å². The van der Waals surface area contributed by atoms with Crippen molar-refractivity contribution in [3.05, 3.63) is 60.2 Å². The zero-order valence-electron chi connectivity index (χ0n) is 20.3. The maximum Gasteiger partial charge on any atom is 0.307 e. The summed E-state index contributed by atoms with van der Waals surface area (Å²) in [5.41, 5.74) is 0.902. The molecule has 2 aromatic carbocycles. The molecule has 35 heavy (non-hydrogen) atoms. The molecule has 188 valence electrons. The van der Waals surface area contributed by atoms with E-state index in [9.17, 15) is 14.4 Å². The van der Waals surface area contributed by atoms with Gasteiger partial charge >= 0.3 is 5.97 Å². The number of benzene rings is 2. The van der Waals surface area contributed by atoms with Crippen LogP contribution in [0, 0.1) is 0 Å². The van der Waals surface area contributed by atoms with Crippen LogP contribution in [0.4, 0.5) is 0 Å². The van der Waals surface area contributed by atoms with Gasteiger partial charge in [0.25, 0.3) is 5.91 Å². The molecular weight excluding hydrogens is 452 g/mol. The molecule has 1 saturated heterocycles. The summed E-state index contributed by atoms with van der Waals surface area (Å²) in [4.78, 5) is 40.8. The third-order valence-corrected chi connectivity index (χ3v) is 5.68. The lowest BCUT2D eigenvalue weighted by Gasteiger charge is -2.26. The molecule has 0 N–H and O–H groups in total. The van der Waals surface area contributed by atoms with E-state index in [1.807, 2.05) is 42.5 Å². The highest BCUT2D eigenvalue weighted by Crippen LogP contribution is 2.18. The Kier molecular flexibility index (Phi) is 9.48. The summed E-state index contributed by atoms with van der Waals surface area (Å²) in [6.07, 6.45) is -1.18. The van der Waals surface area contributed by atoms with E-state index in [4.69, 9.17) is 18.9 Å². The fourth-order valence-electron chi connectivity index (χ4n) is 3.78. The van der Waals surface area contributed by atoms with Crippen LogP contribution in [-0.4, -0.2) is 80.2 Å². The van der Waals surface area contributed by atoms with Crippen molar-refractivity contribution in [3.63, 3.8) is 0 Å². The summed E-state index contributed by atoms with van der Waals surface area (Å²) >= 11 is 0. The van der Waals surface area contributed by atoms with Gasteiger partial charge in [-0.1, -0.05) is 30.3 Å². The van der Waals surface area contributed by atoms with Crippen molar-refractivity contribution in [2.24, 2.45) is 0 Å². The van der Waals surface area contributed by atoms with Crippen LogP contribution in [0.1, 0.15) is 18.9 Å². The highest BCUT2D eigenvalue weighted by atomic mass is 16.5. The van der Waals surface area contributed by atoms with Crippen molar-refractivity contribution >= 4 is 17.8 Å². The van der Waals surface area contributed by atoms with Gasteiger partial charge < -0.3 is 28.7 Å². The first kappa shape index (κ1) is 26.0. The molecule has 0 bridgehead atoms. The summed E-state index contributed by atoms with van der Waals surface area (Å²) in [5.74, 6) is 0.299. The lowest BCUT2D eigenvalue weighted by Crippen LogP contribution is -2.45. The van der Waals surface area contributed by atoms with Gasteiger partial charge in [0.15, 0.2) is 6.10 Å². The Morgan fingerprint density at radius 3 is 2.49 bits per heavy atom. The summed E-state index contributed by atoms with van der Waals surface area (Å²) in [6.45, 7) is 2.46. The van der Waals surface area contributed by atoms with E-state index in [0.29, 0.717) is 11.5 Å². The lowest BCUT2D eigenvalue weighted by atomic mass is 10.2. The van der Waals surface area contributed by atoms with E-state index in [-0.39, 0.29) is 51.0 Å². The molecule has 2 atom stereocenters. The smallest absolute Gasteiger partial charge is 0.307 e. The van der Waals surface area contributed by atoms with Crippen LogP contribution in [0.25, 0.3) is 0 Å². The molecule has 9 heteroatoms. The van der Waals surface area contributed by atoms with Crippen molar-refractivity contribution in [2.75, 3.05) is 40.4 Å². The number of methoxy groups -OCH3 is 2. The van der Waals surface area contributed by atoms with Crippen molar-refractivity contribution in [1.29, 1.82) is 0 Å². The molecule has 1 aliphatic rings. The molecule has 2 amide bonds. The number of hydrogen-bond donors (Lipinski definition) is 0. The topological polar surface area (TPSA) is 94.6 Å². The van der Waals surface area contributed by atoms with Gasteiger partial charge in [0, 0.05) is 19.6 Å². The molecule has 0 radical (unpaired) electrons. The van der Waals surface area contributed by atoms with Crippen LogP contribution in [0.15, 0.2) is 54.6 Å². The Morgan fingerprint density at radius 2 is 1.77 bits per heavy atom. The number of carbonyl (C=O) groups excluding carboxylic acids is 3. The van der Waals surface area contributed by atoms with Gasteiger partial charge in [-0.25, -0.2) is 0 Å². The first-order chi connectivity index (χ1) is 16.9. The molecule has 0 aromatic heterocycles. The highest BCUT2D eigenvalue weighted by molar-refractivity contribution is 5.87. The van der Waals surface area contributed by atoms with Gasteiger partial charge in [-0.2, -0.15) is 0 Å². The molecule has 0 saturated carbocycles. The molecule has 1 heterocycles. The summed E-state index contributed by atoms with van der Waals surface area (Å²) in [7, 11) is 2.90. The summed E-state index contributed by atoms with van der Waals surface area (Å²) < 4.78 is 21.9. The van der Waals surface area contributed by atoms with Gasteiger partial charge in [0.2, 0.25) is 5.91 Å². The van der Waals surface area contributed by atoms with Gasteiger partial charge in [-0.15, -0.1) is 0 Å². The first-order valence-corrected chi connectivity index (χ1v) is 11.5. The van der Waals surface area contributed by atoms with E-state index >= 15 is 0 Å². The largest absolute Gasteiger partial charge is 0.497 e. The maximum atomic E-state index is 13.2. The van der Waals surface area contributed by atoms with Gasteiger partial charge in [-0.3, -0.25) is 14.4 Å². The minimum atomic E-state index is -0.786. The number of carbonyl (C=O) groups is 3. The maximum absolute atomic E-state index is 13.2. The molecule has 0 spiro atoms. The third-order valence-electron chi connectivity index (χ3n) is 5.68. The number of para-hydroxylation sites is 1. The van der Waals surface area contributed by atoms with E-state index in [1.165, 1.54) is 12.0 Å². The van der Waals surface area contributed by atoms with E-state index < -0.39 is 18.2 Å². The minimum absolute atomic E-state index is 0.0618. The first-order valence-electron chi connectivity index (χ1n) is 11.5. The molecule has 2 aromatic rings. The van der Waals surface area contributed by atoms with Crippen molar-refractivity contribution in [2.45, 2.75) is 32.2 Å². The van der Waals surface area contributed by atoms with E-state index in [2.05, 4.69) is 0 Å². The van der Waals surface area contributed by atoms with Crippen molar-refractivity contribution < 1.29 is 33.3 Å². The molecule has 1 aliphatic heterocycles. The Labute approximate surface area is 205 Å². The number of rotatable bonds is 10. The number of amides is 2. The molecular formula is C26H32N2O7. The second kappa shape index (κ2) is 12.8. The Hall–Kier alpha value is -3.59. The lowest BCUT2D eigenvalue weighted by molar-refractivity contribution is -0.144. The second-order valence-electron chi connectivity index (χ2n) is 8.24. The fraction of sp³-hybridized carbons (Fsp3) is 0.423. The zero-order valence-corrected chi connectivity index (χ0v) is 20.3. The van der Waals surface area contributed by atoms with Crippen molar-refractivity contribution in [3.8, 4) is 11.5 Å². The minimum Gasteiger partial charge on any atom is -0.497 e. The van der Waals surface area contributed by atoms with Crippen LogP contribution >= 0.6 is 0 Å². The van der Waals surface area contributed by atoms with Crippen molar-refractivity contribution in [1.82, 2.24) is 9.80 Å². The molecule has 0 aliphatic carbocycles. The predicted octanol–water partition coefficient (Wildman–Crippen LogP) is 2.28. The average Bonchev–Trinajstić information content (AvgIpc) is 3.04. The molecule has 1 fully saturated rings. The number of ether oxygens (including phenoxy) is 4. The summed E-state index contributed by atoms with van der Waals surface area (Å²) in [5, 5.41) is 0. The predicted molar refractivity (Wildman–Crippen MR) is 128 cm³/mol. The quantitative estimate of drug-likeness (QED) is 0.478. The Bertz CT molecular complexity index is 998.